The number of aromatic nitrogens is 2. The summed E-state index contributed by atoms with van der Waals surface area (Å²) in [5.74, 6) is -0.747. The number of aryl methyl sites for hydroxylation is 1. The normalized spacial score (nSPS) is 20.6. The first-order valence-corrected chi connectivity index (χ1v) is 23.7. The smallest absolute Gasteiger partial charge is 0.416 e. The molecule has 2 aliphatic carbocycles. The Morgan fingerprint density at radius 2 is 1.83 bits per heavy atom. The lowest BCUT2D eigenvalue weighted by molar-refractivity contribution is -0.138. The van der Waals surface area contributed by atoms with Crippen LogP contribution in [0.3, 0.4) is 0 Å². The number of halogens is 3. The van der Waals surface area contributed by atoms with E-state index in [0.717, 1.165) is 29.8 Å². The third-order valence-corrected chi connectivity index (χ3v) is 14.5. The lowest BCUT2D eigenvalue weighted by atomic mass is 10.0. The number of allylic oxidation sites excluding steroid dienone is 2. The molecule has 3 amide bonds. The van der Waals surface area contributed by atoms with E-state index in [2.05, 4.69) is 23.9 Å². The van der Waals surface area contributed by atoms with Crippen molar-refractivity contribution in [2.75, 3.05) is 19.0 Å². The van der Waals surface area contributed by atoms with Crippen LogP contribution >= 0.6 is 11.3 Å². The monoisotopic (exact) mass is 910 g/mol. The Hall–Kier alpha value is -5.23. The maximum atomic E-state index is 14.5. The molecule has 0 spiro atoms. The van der Waals surface area contributed by atoms with Gasteiger partial charge in [0.15, 0.2) is 0 Å². The summed E-state index contributed by atoms with van der Waals surface area (Å²) in [6.45, 7) is 6.01. The molecule has 7 rings (SSSR count). The van der Waals surface area contributed by atoms with Crippen LogP contribution in [0.15, 0.2) is 60.0 Å². The van der Waals surface area contributed by atoms with E-state index in [1.54, 1.807) is 13.2 Å². The number of carbonyl (C=O) groups excluding carboxylic acids is 3. The number of amides is 3. The highest BCUT2D eigenvalue weighted by Crippen LogP contribution is 2.41. The molecule has 1 aliphatic heterocycles. The number of unbranched alkanes of at least 4 members (excludes halogenated alkanes) is 3. The van der Waals surface area contributed by atoms with Gasteiger partial charge in [-0.1, -0.05) is 44.9 Å². The minimum atomic E-state index is -4.60. The zero-order valence-electron chi connectivity index (χ0n) is 35.6. The Kier molecular flexibility index (Phi) is 13.7. The third kappa shape index (κ3) is 10.9. The van der Waals surface area contributed by atoms with Gasteiger partial charge in [-0.2, -0.15) is 13.2 Å². The van der Waals surface area contributed by atoms with E-state index in [4.69, 9.17) is 25.2 Å². The molecule has 3 aliphatic rings. The molecule has 1 unspecified atom stereocenters. The van der Waals surface area contributed by atoms with Gasteiger partial charge in [-0.3, -0.25) is 19.1 Å². The van der Waals surface area contributed by atoms with Crippen LogP contribution in [0.25, 0.3) is 21.6 Å². The van der Waals surface area contributed by atoms with Crippen LogP contribution in [0.2, 0.25) is 0 Å². The summed E-state index contributed by atoms with van der Waals surface area (Å²) >= 11 is 1.46. The molecule has 338 valence electrons. The van der Waals surface area contributed by atoms with E-state index < -0.39 is 62.9 Å². The molecule has 0 bridgehead atoms. The van der Waals surface area contributed by atoms with Crippen LogP contribution in [0, 0.1) is 18.8 Å². The summed E-state index contributed by atoms with van der Waals surface area (Å²) in [4.78, 5) is 51.0. The number of nitrogens with zero attached hydrogens (tertiary/aromatic N) is 3. The first-order chi connectivity index (χ1) is 29.9. The maximum Gasteiger partial charge on any atom is 0.416 e. The average Bonchev–Trinajstić information content (AvgIpc) is 4.15. The predicted octanol–water partition coefficient (Wildman–Crippen LogP) is 7.88. The number of alkyl halides is 3. The van der Waals surface area contributed by atoms with Crippen LogP contribution in [0.1, 0.15) is 94.4 Å². The van der Waals surface area contributed by atoms with Gasteiger partial charge in [0.2, 0.25) is 27.7 Å². The molecular weight excluding hydrogens is 858 g/mol. The standard InChI is InChI=1S/C45H53F3N6O7S2/c1-25(2)36-24-62-43(52-36)35-22-39(32-17-18-38(60-4)26(3)40(32)51-35)61-30-21-37(41(49)55)54(23-30)44(57)34(50-29-13-10-12-28(20-29)45(46,47)48)14-9-7-5-6-8-11-27-19-33(27)42(56)53-63(58,59)31-15-16-31/h8,10-13,17-18,20,22,24-25,27,30-31,33-34,37,50H,5-7,9,14-16,19,21,23H2,1-4H3,(H2,49,55)(H,53,56)/b11-8-/t27-,30?,33+,34+,37+/m1/s1. The minimum Gasteiger partial charge on any atom is -0.496 e. The summed E-state index contributed by atoms with van der Waals surface area (Å²) in [5.41, 5.74) is 8.09. The number of anilines is 1. The van der Waals surface area contributed by atoms with E-state index in [9.17, 15) is 36.0 Å². The SMILES string of the molecule is COc1ccc2c(OC3C[C@@H](C(N)=O)N(C(=O)[C@H](CCCCC/C=C\[C@@H]4C[C@@H]4C(=O)NS(=O)(=O)C4CC4)Nc4cccc(C(F)(F)F)c4)C3)cc(-c3nc(C(C)C)cs3)nc2c1C. The van der Waals surface area contributed by atoms with E-state index in [0.29, 0.717) is 71.6 Å². The molecule has 4 aromatic rings. The molecule has 4 N–H and O–H groups in total. The van der Waals surface area contributed by atoms with Gasteiger partial charge in [0.1, 0.15) is 40.4 Å². The van der Waals surface area contributed by atoms with Gasteiger partial charge >= 0.3 is 6.18 Å². The molecule has 2 aromatic heterocycles. The predicted molar refractivity (Wildman–Crippen MR) is 235 cm³/mol. The number of rotatable bonds is 19. The highest BCUT2D eigenvalue weighted by atomic mass is 32.2. The number of ether oxygens (including phenoxy) is 2. The van der Waals surface area contributed by atoms with Gasteiger partial charge in [-0.05, 0) is 87.6 Å². The number of thiazole rings is 1. The Morgan fingerprint density at radius 3 is 2.51 bits per heavy atom. The first kappa shape index (κ1) is 45.8. The number of methoxy groups -OCH3 is 1. The molecule has 3 heterocycles. The first-order valence-electron chi connectivity index (χ1n) is 21.3. The van der Waals surface area contributed by atoms with E-state index in [-0.39, 0.29) is 42.8 Å². The van der Waals surface area contributed by atoms with Crippen LogP contribution in [0.4, 0.5) is 18.9 Å². The molecule has 63 heavy (non-hydrogen) atoms. The second kappa shape index (κ2) is 18.9. The van der Waals surface area contributed by atoms with Crippen molar-refractivity contribution in [3.8, 4) is 22.2 Å². The number of likely N-dealkylation sites (tertiary alicyclic amines) is 1. The zero-order valence-corrected chi connectivity index (χ0v) is 37.2. The number of pyridine rings is 1. The van der Waals surface area contributed by atoms with Crippen molar-refractivity contribution in [3.05, 3.63) is 76.8 Å². The summed E-state index contributed by atoms with van der Waals surface area (Å²) in [6, 6.07) is 8.07. The molecule has 5 atom stereocenters. The topological polar surface area (TPSA) is 183 Å². The average molecular weight is 911 g/mol. The van der Waals surface area contributed by atoms with Crippen molar-refractivity contribution in [2.45, 2.75) is 114 Å². The van der Waals surface area contributed by atoms with Crippen LogP contribution in [-0.2, 0) is 30.6 Å². The van der Waals surface area contributed by atoms with E-state index in [1.165, 1.54) is 28.4 Å². The van der Waals surface area contributed by atoms with E-state index >= 15 is 0 Å². The number of nitrogens with two attached hydrogens (primary N) is 1. The Labute approximate surface area is 369 Å². The summed E-state index contributed by atoms with van der Waals surface area (Å²) in [7, 11) is -2.01. The summed E-state index contributed by atoms with van der Waals surface area (Å²) in [6.07, 6.45) is 3.32. The quantitative estimate of drug-likeness (QED) is 0.0618. The van der Waals surface area contributed by atoms with Crippen molar-refractivity contribution in [2.24, 2.45) is 17.6 Å². The van der Waals surface area contributed by atoms with Gasteiger partial charge in [0.05, 0.1) is 35.7 Å². The number of nitrogens with one attached hydrogen (secondary N) is 2. The van der Waals surface area contributed by atoms with Crippen LogP contribution in [-0.4, -0.2) is 78.1 Å². The molecule has 18 heteroatoms. The van der Waals surface area contributed by atoms with Gasteiger partial charge in [0.25, 0.3) is 0 Å². The molecule has 1 saturated heterocycles. The van der Waals surface area contributed by atoms with Crippen molar-refractivity contribution in [3.63, 3.8) is 0 Å². The highest BCUT2D eigenvalue weighted by Gasteiger charge is 2.45. The van der Waals surface area contributed by atoms with Crippen molar-refractivity contribution in [1.82, 2.24) is 19.6 Å². The summed E-state index contributed by atoms with van der Waals surface area (Å²) in [5, 5.41) is 5.95. The molecule has 3 fully saturated rings. The number of primary amides is 1. The number of carbonyl (C=O) groups is 3. The Morgan fingerprint density at radius 1 is 1.05 bits per heavy atom. The molecular formula is C45H53F3N6O7S2. The third-order valence-electron chi connectivity index (χ3n) is 11.8. The molecule has 2 aromatic carbocycles. The minimum absolute atomic E-state index is 0.00621. The van der Waals surface area contributed by atoms with Crippen molar-refractivity contribution >= 4 is 55.7 Å². The van der Waals surface area contributed by atoms with Gasteiger partial charge < -0.3 is 25.4 Å². The fourth-order valence-electron chi connectivity index (χ4n) is 7.96. The van der Waals surface area contributed by atoms with Crippen molar-refractivity contribution < 1.29 is 45.4 Å². The second-order valence-electron chi connectivity index (χ2n) is 17.0. The fourth-order valence-corrected chi connectivity index (χ4v) is 10.3. The Bertz CT molecular complexity index is 2490. The Balaban J connectivity index is 1.04. The van der Waals surface area contributed by atoms with Crippen LogP contribution in [0.5, 0.6) is 11.5 Å². The van der Waals surface area contributed by atoms with Gasteiger partial charge in [-0.15, -0.1) is 11.3 Å². The second-order valence-corrected chi connectivity index (χ2v) is 19.8. The zero-order chi connectivity index (χ0) is 45.2. The van der Waals surface area contributed by atoms with Gasteiger partial charge in [0, 0.05) is 40.4 Å². The number of hydrogen-bond donors (Lipinski definition) is 3. The van der Waals surface area contributed by atoms with Crippen molar-refractivity contribution in [1.29, 1.82) is 0 Å². The lowest BCUT2D eigenvalue weighted by Crippen LogP contribution is -2.49. The summed E-state index contributed by atoms with van der Waals surface area (Å²) < 4.78 is 79.8. The highest BCUT2D eigenvalue weighted by molar-refractivity contribution is 7.90. The van der Waals surface area contributed by atoms with Gasteiger partial charge in [-0.25, -0.2) is 18.4 Å². The van der Waals surface area contributed by atoms with E-state index in [1.807, 2.05) is 36.6 Å². The number of fused-ring (bicyclic) bond motifs is 1. The number of sulfonamides is 1. The maximum absolute atomic E-state index is 14.5. The fraction of sp³-hybridized carbons (Fsp3) is 0.489. The van der Waals surface area contributed by atoms with Crippen LogP contribution < -0.4 is 25.2 Å². The molecule has 0 radical (unpaired) electrons. The lowest BCUT2D eigenvalue weighted by Gasteiger charge is -2.28. The molecule has 2 saturated carbocycles. The number of benzene rings is 2. The molecule has 13 nitrogen and oxygen atoms in total. The largest absolute Gasteiger partial charge is 0.496 e. The number of hydrogen-bond acceptors (Lipinski definition) is 11.